The minimum atomic E-state index is -1.19. The van der Waals surface area contributed by atoms with Gasteiger partial charge >= 0.3 is 17.9 Å². The summed E-state index contributed by atoms with van der Waals surface area (Å²) >= 11 is 0. The van der Waals surface area contributed by atoms with Gasteiger partial charge in [0, 0.05) is 39.3 Å². The van der Waals surface area contributed by atoms with Crippen LogP contribution in [0.5, 0.6) is 0 Å². The molecule has 0 amide bonds. The normalized spacial score (nSPS) is 30.0. The van der Waals surface area contributed by atoms with E-state index in [2.05, 4.69) is 4.99 Å². The van der Waals surface area contributed by atoms with Gasteiger partial charge in [0.25, 0.3) is 0 Å². The third kappa shape index (κ3) is 6.84. The minimum Gasteiger partial charge on any atom is -0.511 e. The minimum absolute atomic E-state index is 0.0779. The molecule has 2 aliphatic rings. The Hall–Kier alpha value is -2.79. The summed E-state index contributed by atoms with van der Waals surface area (Å²) in [7, 11) is 0. The van der Waals surface area contributed by atoms with Crippen molar-refractivity contribution in [2.75, 3.05) is 6.61 Å². The van der Waals surface area contributed by atoms with Crippen LogP contribution in [0.25, 0.3) is 0 Å². The second kappa shape index (κ2) is 10.4. The van der Waals surface area contributed by atoms with Crippen molar-refractivity contribution >= 4 is 29.4 Å². The molecule has 0 aromatic heterocycles. The first-order valence-electron chi connectivity index (χ1n) is 10.6. The second-order valence-corrected chi connectivity index (χ2v) is 9.06. The van der Waals surface area contributed by atoms with Crippen molar-refractivity contribution in [1.29, 1.82) is 0 Å². The Labute approximate surface area is 192 Å². The number of nitrogens with zero attached hydrogens (tertiary/aromatic N) is 1. The van der Waals surface area contributed by atoms with E-state index in [4.69, 9.17) is 24.7 Å². The zero-order valence-electron chi connectivity index (χ0n) is 19.7. The number of ether oxygens (including phenoxy) is 4. The number of aliphatic hydroxyl groups is 1. The van der Waals surface area contributed by atoms with Crippen LogP contribution in [0.1, 0.15) is 54.4 Å². The molecule has 11 heteroatoms. The molecule has 0 bridgehead atoms. The molecule has 5 atom stereocenters. The number of nitrogens with two attached hydrogens (primary N) is 1. The van der Waals surface area contributed by atoms with Gasteiger partial charge in [-0.3, -0.25) is 24.2 Å². The van der Waals surface area contributed by atoms with Gasteiger partial charge in [-0.05, 0) is 12.3 Å². The van der Waals surface area contributed by atoms with Gasteiger partial charge in [0.15, 0.2) is 18.0 Å². The highest BCUT2D eigenvalue weighted by Gasteiger charge is 2.49. The summed E-state index contributed by atoms with van der Waals surface area (Å²) in [4.78, 5) is 52.0. The molecule has 0 spiro atoms. The van der Waals surface area contributed by atoms with Crippen LogP contribution in [0.3, 0.4) is 0 Å². The van der Waals surface area contributed by atoms with E-state index < -0.39 is 48.5 Å². The number of allylic oxidation sites excluding steroid dienone is 2. The molecular weight excluding hydrogens is 436 g/mol. The fourth-order valence-corrected chi connectivity index (χ4v) is 4.08. The molecule has 1 aliphatic heterocycles. The summed E-state index contributed by atoms with van der Waals surface area (Å²) in [6, 6.07) is -1.07. The highest BCUT2D eigenvalue weighted by Crippen LogP contribution is 2.36. The maximum atomic E-state index is 12.7. The molecule has 184 valence electrons. The average Bonchev–Trinajstić information content (AvgIpc) is 2.62. The SMILES string of the molecule is CC(=O)OC[C@H]1O[C@@H](N)[C@H](N=C(C)C2=C(O)CC(C)(C)CC2=O)[C@@H](OC(C)=O)[C@@H]1OC(C)=O. The predicted octanol–water partition coefficient (Wildman–Crippen LogP) is 1.13. The number of carbonyl (C=O) groups excluding carboxylic acids is 4. The monoisotopic (exact) mass is 468 g/mol. The van der Waals surface area contributed by atoms with Crippen LogP contribution >= 0.6 is 0 Å². The van der Waals surface area contributed by atoms with E-state index in [1.54, 1.807) is 0 Å². The van der Waals surface area contributed by atoms with E-state index in [0.717, 1.165) is 6.92 Å². The van der Waals surface area contributed by atoms with Crippen LogP contribution < -0.4 is 5.73 Å². The maximum absolute atomic E-state index is 12.7. The number of ketones is 1. The Morgan fingerprint density at radius 1 is 1.06 bits per heavy atom. The summed E-state index contributed by atoms with van der Waals surface area (Å²) in [5.41, 5.74) is 6.04. The largest absolute Gasteiger partial charge is 0.511 e. The molecule has 1 heterocycles. The van der Waals surface area contributed by atoms with Crippen molar-refractivity contribution < 1.29 is 43.2 Å². The third-order valence-electron chi connectivity index (χ3n) is 5.31. The van der Waals surface area contributed by atoms with Gasteiger partial charge in [-0.15, -0.1) is 0 Å². The van der Waals surface area contributed by atoms with Crippen molar-refractivity contribution in [3.8, 4) is 0 Å². The van der Waals surface area contributed by atoms with Crippen molar-refractivity contribution in [3.63, 3.8) is 0 Å². The van der Waals surface area contributed by atoms with Gasteiger partial charge in [-0.1, -0.05) is 13.8 Å². The quantitative estimate of drug-likeness (QED) is 0.328. The van der Waals surface area contributed by atoms with Crippen LogP contribution in [0.15, 0.2) is 16.3 Å². The van der Waals surface area contributed by atoms with Crippen LogP contribution in [0.2, 0.25) is 0 Å². The number of esters is 3. The first kappa shape index (κ1) is 26.5. The molecule has 11 nitrogen and oxygen atoms in total. The Morgan fingerprint density at radius 3 is 2.15 bits per heavy atom. The summed E-state index contributed by atoms with van der Waals surface area (Å²) in [6.45, 7) is 8.52. The predicted molar refractivity (Wildman–Crippen MR) is 115 cm³/mol. The number of aliphatic imine (C=N–C) groups is 1. The maximum Gasteiger partial charge on any atom is 0.303 e. The van der Waals surface area contributed by atoms with E-state index in [1.165, 1.54) is 20.8 Å². The van der Waals surface area contributed by atoms with Gasteiger partial charge in [0.1, 0.15) is 30.7 Å². The lowest BCUT2D eigenvalue weighted by Gasteiger charge is -2.42. The van der Waals surface area contributed by atoms with Crippen molar-refractivity contribution in [1.82, 2.24) is 0 Å². The molecule has 33 heavy (non-hydrogen) atoms. The number of aliphatic hydroxyl groups excluding tert-OH is 1. The Morgan fingerprint density at radius 2 is 1.64 bits per heavy atom. The fourth-order valence-electron chi connectivity index (χ4n) is 4.08. The van der Waals surface area contributed by atoms with Gasteiger partial charge in [-0.2, -0.15) is 0 Å². The Balaban J connectivity index is 2.46. The molecular formula is C22H32N2O9. The number of carbonyl (C=O) groups is 4. The second-order valence-electron chi connectivity index (χ2n) is 9.06. The van der Waals surface area contributed by atoms with Crippen LogP contribution in [0, 0.1) is 5.41 Å². The summed E-state index contributed by atoms with van der Waals surface area (Å²) in [6.07, 6.45) is -4.04. The molecule has 0 aromatic rings. The zero-order chi connectivity index (χ0) is 25.1. The summed E-state index contributed by atoms with van der Waals surface area (Å²) in [5.74, 6) is -2.32. The molecule has 0 aromatic carbocycles. The van der Waals surface area contributed by atoms with Gasteiger partial charge in [-0.25, -0.2) is 0 Å². The fraction of sp³-hybridized carbons (Fsp3) is 0.682. The lowest BCUT2D eigenvalue weighted by Crippen LogP contribution is -2.63. The molecule has 0 unspecified atom stereocenters. The number of Topliss-reactive ketones (excluding diaryl/α,β-unsaturated/α-hetero) is 1. The average molecular weight is 469 g/mol. The van der Waals surface area contributed by atoms with E-state index in [1.807, 2.05) is 13.8 Å². The molecule has 3 N–H and O–H groups in total. The lowest BCUT2D eigenvalue weighted by atomic mass is 9.75. The first-order chi connectivity index (χ1) is 15.2. The third-order valence-corrected chi connectivity index (χ3v) is 5.31. The van der Waals surface area contributed by atoms with E-state index >= 15 is 0 Å². The molecule has 1 aliphatic carbocycles. The van der Waals surface area contributed by atoms with Crippen LogP contribution in [-0.2, 0) is 38.1 Å². The smallest absolute Gasteiger partial charge is 0.303 e. The standard InChI is InChI=1S/C22H32N2O9/c1-10(17-14(28)7-22(5,6)8-15(17)29)24-18-20(32-13(4)27)19(31-12(3)26)16(33-21(18)23)9-30-11(2)25/h16,18-21,28H,7-9,23H2,1-6H3/t16-,18-,19-,20-,21-/m1/s1. The van der Waals surface area contributed by atoms with Crippen LogP contribution in [-0.4, -0.2) is 71.7 Å². The zero-order valence-corrected chi connectivity index (χ0v) is 19.7. The lowest BCUT2D eigenvalue weighted by molar-refractivity contribution is -0.219. The Bertz CT molecular complexity index is 877. The van der Waals surface area contributed by atoms with Gasteiger partial charge in [0.05, 0.1) is 5.57 Å². The highest BCUT2D eigenvalue weighted by atomic mass is 16.6. The van der Waals surface area contributed by atoms with E-state index in [-0.39, 0.29) is 41.3 Å². The number of hydrogen-bond donors (Lipinski definition) is 2. The van der Waals surface area contributed by atoms with Gasteiger partial charge in [0.2, 0.25) is 0 Å². The Kier molecular flexibility index (Phi) is 8.36. The first-order valence-corrected chi connectivity index (χ1v) is 10.6. The van der Waals surface area contributed by atoms with Gasteiger partial charge < -0.3 is 29.8 Å². The van der Waals surface area contributed by atoms with E-state index in [9.17, 15) is 24.3 Å². The molecule has 0 saturated carbocycles. The molecule has 1 saturated heterocycles. The topological polar surface area (TPSA) is 164 Å². The van der Waals surface area contributed by atoms with E-state index in [0.29, 0.717) is 6.42 Å². The van der Waals surface area contributed by atoms with Crippen molar-refractivity contribution in [2.45, 2.75) is 85.0 Å². The highest BCUT2D eigenvalue weighted by molar-refractivity contribution is 6.22. The number of rotatable bonds is 6. The van der Waals surface area contributed by atoms with Crippen molar-refractivity contribution in [2.24, 2.45) is 16.1 Å². The van der Waals surface area contributed by atoms with Crippen LogP contribution in [0.4, 0.5) is 0 Å². The van der Waals surface area contributed by atoms with Crippen molar-refractivity contribution in [3.05, 3.63) is 11.3 Å². The number of hydrogen-bond acceptors (Lipinski definition) is 11. The molecule has 1 fully saturated rings. The summed E-state index contributed by atoms with van der Waals surface area (Å²) < 4.78 is 21.4. The summed E-state index contributed by atoms with van der Waals surface area (Å²) in [5, 5.41) is 10.5. The molecule has 0 radical (unpaired) electrons. The molecule has 2 rings (SSSR count).